The first-order chi connectivity index (χ1) is 12.3. The van der Waals surface area contributed by atoms with E-state index >= 15 is 0 Å². The zero-order valence-electron chi connectivity index (χ0n) is 14.1. The van der Waals surface area contributed by atoms with E-state index in [4.69, 9.17) is 0 Å². The number of benzene rings is 1. The predicted octanol–water partition coefficient (Wildman–Crippen LogP) is 0.762. The molecule has 0 spiro atoms. The average molecular weight is 389 g/mol. The van der Waals surface area contributed by atoms with Gasteiger partial charge in [-0.1, -0.05) is 6.42 Å². The summed E-state index contributed by atoms with van der Waals surface area (Å²) in [6.07, 6.45) is 1.98. The van der Waals surface area contributed by atoms with E-state index < -0.39 is 21.7 Å². The lowest BCUT2D eigenvalue weighted by Crippen LogP contribution is -2.49. The Labute approximate surface area is 150 Å². The lowest BCUT2D eigenvalue weighted by Gasteiger charge is -2.26. The van der Waals surface area contributed by atoms with Gasteiger partial charge < -0.3 is 10.2 Å². The van der Waals surface area contributed by atoms with Gasteiger partial charge in [-0.2, -0.15) is 0 Å². The monoisotopic (exact) mass is 389 g/mol. The third-order valence-electron chi connectivity index (χ3n) is 3.95. The zero-order chi connectivity index (χ0) is 19.2. The van der Waals surface area contributed by atoms with Gasteiger partial charge in [0, 0.05) is 26.1 Å². The van der Waals surface area contributed by atoms with Gasteiger partial charge in [0.1, 0.15) is 0 Å². The van der Waals surface area contributed by atoms with Crippen molar-refractivity contribution in [3.05, 3.63) is 29.8 Å². The molecule has 2 rings (SSSR count). The molecule has 0 atom stereocenters. The standard InChI is InChI=1S/C16H21F2N3O4S/c17-13-6-5-12(10-14(13)18)26(24,25)20-7-3-1-2-4-16(23)21-9-8-19-15(22)11-21/h5-6,10,20H,1-4,7-9,11H2,(H,19,22). The summed E-state index contributed by atoms with van der Waals surface area (Å²) < 4.78 is 52.2. The van der Waals surface area contributed by atoms with Gasteiger partial charge in [-0.3, -0.25) is 9.59 Å². The highest BCUT2D eigenvalue weighted by Gasteiger charge is 2.20. The summed E-state index contributed by atoms with van der Waals surface area (Å²) in [6.45, 7) is 1.16. The van der Waals surface area contributed by atoms with E-state index in [-0.39, 0.29) is 29.8 Å². The minimum absolute atomic E-state index is 0.0763. The molecule has 0 radical (unpaired) electrons. The normalized spacial score (nSPS) is 15.0. The van der Waals surface area contributed by atoms with E-state index in [0.717, 1.165) is 12.1 Å². The molecule has 1 heterocycles. The summed E-state index contributed by atoms with van der Waals surface area (Å²) in [4.78, 5) is 24.3. The number of hydrogen-bond acceptors (Lipinski definition) is 4. The van der Waals surface area contributed by atoms with Crippen LogP contribution in [0.3, 0.4) is 0 Å². The summed E-state index contributed by atoms with van der Waals surface area (Å²) in [7, 11) is -3.90. The molecule has 0 aliphatic carbocycles. The van der Waals surface area contributed by atoms with Crippen molar-refractivity contribution in [3.63, 3.8) is 0 Å². The van der Waals surface area contributed by atoms with Gasteiger partial charge in [-0.25, -0.2) is 21.9 Å². The Balaban J connectivity index is 1.67. The number of piperazine rings is 1. The molecule has 1 aliphatic rings. The SMILES string of the molecule is O=C1CN(C(=O)CCCCCNS(=O)(=O)c2ccc(F)c(F)c2)CCN1. The smallest absolute Gasteiger partial charge is 0.240 e. The second kappa shape index (κ2) is 9.04. The van der Waals surface area contributed by atoms with Gasteiger partial charge >= 0.3 is 0 Å². The maximum Gasteiger partial charge on any atom is 0.240 e. The van der Waals surface area contributed by atoms with Crippen LogP contribution >= 0.6 is 0 Å². The first-order valence-corrected chi connectivity index (χ1v) is 9.77. The van der Waals surface area contributed by atoms with Crippen LogP contribution in [0.5, 0.6) is 0 Å². The van der Waals surface area contributed by atoms with Crippen LogP contribution in [0.25, 0.3) is 0 Å². The molecule has 2 N–H and O–H groups in total. The van der Waals surface area contributed by atoms with Crippen LogP contribution in [0, 0.1) is 11.6 Å². The Hall–Kier alpha value is -2.07. The summed E-state index contributed by atoms with van der Waals surface area (Å²) in [5.41, 5.74) is 0. The number of halogens is 2. The third-order valence-corrected chi connectivity index (χ3v) is 5.41. The molecule has 2 amide bonds. The van der Waals surface area contributed by atoms with Crippen LogP contribution in [-0.4, -0.2) is 51.3 Å². The third kappa shape index (κ3) is 5.73. The van der Waals surface area contributed by atoms with Crippen molar-refractivity contribution >= 4 is 21.8 Å². The number of carbonyl (C=O) groups is 2. The molecule has 10 heteroatoms. The Kier molecular flexibility index (Phi) is 7.04. The van der Waals surface area contributed by atoms with E-state index in [2.05, 4.69) is 10.0 Å². The van der Waals surface area contributed by atoms with Crippen LogP contribution in [0.4, 0.5) is 8.78 Å². The summed E-state index contributed by atoms with van der Waals surface area (Å²) in [5, 5.41) is 2.64. The number of sulfonamides is 1. The number of carbonyl (C=O) groups excluding carboxylic acids is 2. The minimum atomic E-state index is -3.90. The minimum Gasteiger partial charge on any atom is -0.353 e. The molecule has 0 bridgehead atoms. The number of nitrogens with one attached hydrogen (secondary N) is 2. The lowest BCUT2D eigenvalue weighted by atomic mass is 10.1. The molecule has 26 heavy (non-hydrogen) atoms. The molecule has 0 aromatic heterocycles. The highest BCUT2D eigenvalue weighted by molar-refractivity contribution is 7.89. The fraction of sp³-hybridized carbons (Fsp3) is 0.500. The second-order valence-corrected chi connectivity index (χ2v) is 7.72. The molecule has 1 aliphatic heterocycles. The number of rotatable bonds is 8. The van der Waals surface area contributed by atoms with E-state index in [9.17, 15) is 26.8 Å². The fourth-order valence-corrected chi connectivity index (χ4v) is 3.61. The maximum absolute atomic E-state index is 13.1. The van der Waals surface area contributed by atoms with Gasteiger partial charge in [-0.15, -0.1) is 0 Å². The van der Waals surface area contributed by atoms with Gasteiger partial charge in [0.05, 0.1) is 11.4 Å². The van der Waals surface area contributed by atoms with Crippen LogP contribution < -0.4 is 10.0 Å². The van der Waals surface area contributed by atoms with Gasteiger partial charge in [0.2, 0.25) is 21.8 Å². The van der Waals surface area contributed by atoms with Crippen molar-refractivity contribution in [3.8, 4) is 0 Å². The van der Waals surface area contributed by atoms with Crippen molar-refractivity contribution < 1.29 is 26.8 Å². The number of nitrogens with zero attached hydrogens (tertiary/aromatic N) is 1. The Morgan fingerprint density at radius 3 is 2.65 bits per heavy atom. The van der Waals surface area contributed by atoms with Crippen molar-refractivity contribution in [2.24, 2.45) is 0 Å². The fourth-order valence-electron chi connectivity index (χ4n) is 2.52. The molecule has 1 saturated heterocycles. The van der Waals surface area contributed by atoms with E-state index in [0.29, 0.717) is 44.8 Å². The van der Waals surface area contributed by atoms with E-state index in [1.165, 1.54) is 4.90 Å². The summed E-state index contributed by atoms with van der Waals surface area (Å²) in [6, 6.07) is 2.38. The first kappa shape index (κ1) is 20.2. The van der Waals surface area contributed by atoms with Crippen molar-refractivity contribution in [1.29, 1.82) is 0 Å². The second-order valence-electron chi connectivity index (χ2n) is 5.95. The molecular formula is C16H21F2N3O4S. The van der Waals surface area contributed by atoms with Gasteiger partial charge in [0.25, 0.3) is 0 Å². The molecular weight excluding hydrogens is 368 g/mol. The van der Waals surface area contributed by atoms with E-state index in [1.54, 1.807) is 0 Å². The van der Waals surface area contributed by atoms with Gasteiger partial charge in [-0.05, 0) is 31.0 Å². The molecule has 1 aromatic rings. The summed E-state index contributed by atoms with van der Waals surface area (Å²) in [5.74, 6) is -2.60. The lowest BCUT2D eigenvalue weighted by molar-refractivity contribution is -0.138. The summed E-state index contributed by atoms with van der Waals surface area (Å²) >= 11 is 0. The van der Waals surface area contributed by atoms with Crippen molar-refractivity contribution in [2.75, 3.05) is 26.2 Å². The molecule has 0 saturated carbocycles. The highest BCUT2D eigenvalue weighted by atomic mass is 32.2. The quantitative estimate of drug-likeness (QED) is 0.642. The Morgan fingerprint density at radius 1 is 1.19 bits per heavy atom. The zero-order valence-corrected chi connectivity index (χ0v) is 14.9. The Bertz CT molecular complexity index is 771. The number of amides is 2. The molecule has 0 unspecified atom stereocenters. The van der Waals surface area contributed by atoms with Crippen molar-refractivity contribution in [1.82, 2.24) is 14.9 Å². The topological polar surface area (TPSA) is 95.6 Å². The molecule has 1 fully saturated rings. The van der Waals surface area contributed by atoms with Crippen LogP contribution in [0.1, 0.15) is 25.7 Å². The molecule has 144 valence electrons. The van der Waals surface area contributed by atoms with Gasteiger partial charge in [0.15, 0.2) is 11.6 Å². The Morgan fingerprint density at radius 2 is 1.96 bits per heavy atom. The predicted molar refractivity (Wildman–Crippen MR) is 89.6 cm³/mol. The van der Waals surface area contributed by atoms with Crippen molar-refractivity contribution in [2.45, 2.75) is 30.6 Å². The molecule has 1 aromatic carbocycles. The number of unbranched alkanes of at least 4 members (excludes halogenated alkanes) is 2. The first-order valence-electron chi connectivity index (χ1n) is 8.29. The van der Waals surface area contributed by atoms with Crippen LogP contribution in [0.2, 0.25) is 0 Å². The van der Waals surface area contributed by atoms with Crippen LogP contribution in [0.15, 0.2) is 23.1 Å². The van der Waals surface area contributed by atoms with E-state index in [1.807, 2.05) is 0 Å². The average Bonchev–Trinajstić information content (AvgIpc) is 2.60. The molecule has 7 nitrogen and oxygen atoms in total. The maximum atomic E-state index is 13.1. The number of hydrogen-bond donors (Lipinski definition) is 2. The highest BCUT2D eigenvalue weighted by Crippen LogP contribution is 2.13. The largest absolute Gasteiger partial charge is 0.353 e. The van der Waals surface area contributed by atoms with Crippen LogP contribution in [-0.2, 0) is 19.6 Å².